The number of aliphatic hydroxyl groups excluding tert-OH is 2. The second-order valence-corrected chi connectivity index (χ2v) is 12.4. The van der Waals surface area contributed by atoms with Gasteiger partial charge in [0.2, 0.25) is 5.78 Å². The Kier molecular flexibility index (Phi) is 7.74. The van der Waals surface area contributed by atoms with Crippen LogP contribution in [0.2, 0.25) is 5.02 Å². The third-order valence-corrected chi connectivity index (χ3v) is 10.1. The Morgan fingerprint density at radius 1 is 1.15 bits per heavy atom. The fraction of sp³-hybridized carbons (Fsp3) is 0.567. The molecule has 1 amide bonds. The highest BCUT2D eigenvalue weighted by molar-refractivity contribution is 6.32. The van der Waals surface area contributed by atoms with Crippen LogP contribution in [0.3, 0.4) is 0 Å². The fourth-order valence-electron chi connectivity index (χ4n) is 7.63. The summed E-state index contributed by atoms with van der Waals surface area (Å²) in [6.45, 7) is 3.43. The number of aromatic hydroxyl groups is 1. The molecule has 0 aliphatic heterocycles. The molecule has 11 heteroatoms. The number of ketones is 2. The number of amides is 1. The topological polar surface area (TPSA) is 165 Å². The smallest absolute Gasteiger partial charge is 0.255 e. The largest absolute Gasteiger partial charge is 0.508 e. The van der Waals surface area contributed by atoms with Crippen molar-refractivity contribution >= 4 is 34.8 Å². The number of benzene rings is 1. The van der Waals surface area contributed by atoms with E-state index < -0.39 is 58.0 Å². The first kappa shape index (κ1) is 29.6. The number of likely N-dealkylation sites (N-methyl/N-ethyl adjacent to an activating group) is 1. The minimum atomic E-state index is -2.66. The number of carbonyl (C=O) groups excluding carboxylic acids is 3. The van der Waals surface area contributed by atoms with Crippen molar-refractivity contribution in [3.05, 3.63) is 44.7 Å². The summed E-state index contributed by atoms with van der Waals surface area (Å²) < 4.78 is 0. The first-order valence-electron chi connectivity index (χ1n) is 14.3. The number of rotatable bonds is 6. The lowest BCUT2D eigenvalue weighted by atomic mass is 9.57. The molecular weight excluding hydrogens is 550 g/mol. The molecule has 0 unspecified atom stereocenters. The summed E-state index contributed by atoms with van der Waals surface area (Å²) in [5.41, 5.74) is 2.91. The van der Waals surface area contributed by atoms with Crippen molar-refractivity contribution in [2.24, 2.45) is 17.6 Å². The summed E-state index contributed by atoms with van der Waals surface area (Å²) in [7, 11) is 3.14. The SMILES string of the molecule is CCN(Cc1cc(O)c2c(c1Cl)C[C@H]1C[C@H]3[C@H](N(C)C)C(=O)C(C(N)=O)=C(O)[C@@]3(O)C(=O)C1=C2O)C1CCCCC1. The molecule has 4 atom stereocenters. The van der Waals surface area contributed by atoms with E-state index >= 15 is 0 Å². The highest BCUT2D eigenvalue weighted by Crippen LogP contribution is 2.53. The minimum absolute atomic E-state index is 0.00996. The van der Waals surface area contributed by atoms with E-state index in [-0.39, 0.29) is 29.7 Å². The molecule has 41 heavy (non-hydrogen) atoms. The maximum atomic E-state index is 13.9. The van der Waals surface area contributed by atoms with Gasteiger partial charge in [0.25, 0.3) is 5.91 Å². The molecule has 4 aliphatic rings. The number of hydrogen-bond acceptors (Lipinski definition) is 9. The van der Waals surface area contributed by atoms with Gasteiger partial charge in [-0.2, -0.15) is 0 Å². The van der Waals surface area contributed by atoms with Crippen molar-refractivity contribution < 1.29 is 34.8 Å². The van der Waals surface area contributed by atoms with Crippen LogP contribution in [-0.2, 0) is 27.3 Å². The van der Waals surface area contributed by atoms with Crippen LogP contribution in [0, 0.1) is 11.8 Å². The van der Waals surface area contributed by atoms with Gasteiger partial charge >= 0.3 is 0 Å². The molecule has 2 saturated carbocycles. The number of carbonyl (C=O) groups is 3. The van der Waals surface area contributed by atoms with Crippen molar-refractivity contribution in [1.29, 1.82) is 0 Å². The van der Waals surface area contributed by atoms with Gasteiger partial charge in [-0.05, 0) is 69.4 Å². The van der Waals surface area contributed by atoms with Crippen LogP contribution in [-0.4, -0.2) is 86.0 Å². The van der Waals surface area contributed by atoms with Gasteiger partial charge in [-0.15, -0.1) is 0 Å². The van der Waals surface area contributed by atoms with Gasteiger partial charge in [-0.3, -0.25) is 24.2 Å². The molecule has 1 aromatic rings. The summed E-state index contributed by atoms with van der Waals surface area (Å²) >= 11 is 6.95. The Bertz CT molecular complexity index is 1380. The third-order valence-electron chi connectivity index (χ3n) is 9.60. The number of halogens is 1. The van der Waals surface area contributed by atoms with Gasteiger partial charge in [0.15, 0.2) is 11.4 Å². The molecule has 10 nitrogen and oxygen atoms in total. The summed E-state index contributed by atoms with van der Waals surface area (Å²) in [6.07, 6.45) is 5.99. The zero-order valence-electron chi connectivity index (χ0n) is 23.6. The summed E-state index contributed by atoms with van der Waals surface area (Å²) in [5, 5.41) is 45.6. The van der Waals surface area contributed by atoms with Gasteiger partial charge in [-0.1, -0.05) is 37.8 Å². The van der Waals surface area contributed by atoms with Gasteiger partial charge in [0, 0.05) is 29.1 Å². The number of Topliss-reactive ketones (excluding diaryl/α,β-unsaturated/α-hetero) is 2. The van der Waals surface area contributed by atoms with Crippen LogP contribution in [0.15, 0.2) is 23.0 Å². The van der Waals surface area contributed by atoms with E-state index in [0.29, 0.717) is 23.2 Å². The zero-order chi connectivity index (χ0) is 30.0. The normalized spacial score (nSPS) is 28.7. The Balaban J connectivity index is 1.60. The molecule has 0 saturated heterocycles. The van der Waals surface area contributed by atoms with Gasteiger partial charge in [-0.25, -0.2) is 0 Å². The molecule has 0 heterocycles. The molecule has 1 aromatic carbocycles. The van der Waals surface area contributed by atoms with E-state index in [2.05, 4.69) is 11.8 Å². The first-order chi connectivity index (χ1) is 19.3. The van der Waals surface area contributed by atoms with Crippen LogP contribution < -0.4 is 5.73 Å². The second kappa shape index (κ2) is 10.7. The summed E-state index contributed by atoms with van der Waals surface area (Å²) in [6, 6.07) is 0.809. The fourth-order valence-corrected chi connectivity index (χ4v) is 7.91. The molecule has 222 valence electrons. The number of primary amides is 1. The maximum absolute atomic E-state index is 13.9. The van der Waals surface area contributed by atoms with Crippen molar-refractivity contribution in [1.82, 2.24) is 9.80 Å². The molecule has 0 radical (unpaired) electrons. The average molecular weight is 588 g/mol. The van der Waals surface area contributed by atoms with Crippen LogP contribution in [0.25, 0.3) is 5.76 Å². The van der Waals surface area contributed by atoms with Crippen molar-refractivity contribution in [2.45, 2.75) is 76.1 Å². The van der Waals surface area contributed by atoms with E-state index in [1.807, 2.05) is 0 Å². The van der Waals surface area contributed by atoms with Crippen molar-refractivity contribution in [3.63, 3.8) is 0 Å². The Morgan fingerprint density at radius 3 is 2.39 bits per heavy atom. The molecule has 5 rings (SSSR count). The summed E-state index contributed by atoms with van der Waals surface area (Å²) in [4.78, 5) is 43.1. The lowest BCUT2D eigenvalue weighted by Gasteiger charge is -2.50. The predicted molar refractivity (Wildman–Crippen MR) is 152 cm³/mol. The molecule has 0 bridgehead atoms. The summed E-state index contributed by atoms with van der Waals surface area (Å²) in [5.74, 6) is -6.75. The number of hydrogen-bond donors (Lipinski definition) is 5. The molecular formula is C30H38ClN3O7. The zero-order valence-corrected chi connectivity index (χ0v) is 24.4. The molecule has 6 N–H and O–H groups in total. The Labute approximate surface area is 244 Å². The Morgan fingerprint density at radius 2 is 1.80 bits per heavy atom. The number of nitrogens with zero attached hydrogens (tertiary/aromatic N) is 2. The van der Waals surface area contributed by atoms with Crippen LogP contribution in [0.1, 0.15) is 62.1 Å². The van der Waals surface area contributed by atoms with Crippen LogP contribution in [0.5, 0.6) is 5.75 Å². The van der Waals surface area contributed by atoms with E-state index in [9.17, 15) is 34.8 Å². The highest BCUT2D eigenvalue weighted by Gasteiger charge is 2.64. The third kappa shape index (κ3) is 4.47. The monoisotopic (exact) mass is 587 g/mol. The van der Waals surface area contributed by atoms with Crippen LogP contribution in [0.4, 0.5) is 0 Å². The maximum Gasteiger partial charge on any atom is 0.255 e. The average Bonchev–Trinajstić information content (AvgIpc) is 2.91. The predicted octanol–water partition coefficient (Wildman–Crippen LogP) is 2.77. The number of phenols is 1. The van der Waals surface area contributed by atoms with Gasteiger partial charge < -0.3 is 26.2 Å². The van der Waals surface area contributed by atoms with E-state index in [1.165, 1.54) is 30.2 Å². The number of nitrogens with two attached hydrogens (primary N) is 1. The van der Waals surface area contributed by atoms with Crippen molar-refractivity contribution in [2.75, 3.05) is 20.6 Å². The Hall–Kier alpha value is -2.92. The number of phenolic OH excluding ortho intramolecular Hbond substituents is 1. The lowest BCUT2D eigenvalue weighted by molar-refractivity contribution is -0.153. The quantitative estimate of drug-likeness (QED) is 0.315. The van der Waals surface area contributed by atoms with Gasteiger partial charge in [0.05, 0.1) is 11.6 Å². The van der Waals surface area contributed by atoms with Gasteiger partial charge in [0.1, 0.15) is 22.8 Å². The second-order valence-electron chi connectivity index (χ2n) is 12.0. The standard InChI is InChI=1S/C30H38ClN3O7/c1-4-34(16-8-6-5-7-9-16)13-15-12-19(35)21-17(23(15)31)10-14-11-18-24(33(2)3)26(37)22(29(32)40)28(39)30(18,41)27(38)20(14)25(21)36/h12,14,16,18,24,35-36,39,41H,4-11,13H2,1-3H3,(H2,32,40)/t14-,18-,24-,30-/m0/s1. The number of aliphatic hydroxyl groups is 3. The molecule has 0 spiro atoms. The molecule has 2 fully saturated rings. The highest BCUT2D eigenvalue weighted by atomic mass is 35.5. The van der Waals surface area contributed by atoms with E-state index in [1.54, 1.807) is 14.1 Å². The molecule has 0 aromatic heterocycles. The first-order valence-corrected chi connectivity index (χ1v) is 14.6. The van der Waals surface area contributed by atoms with E-state index in [0.717, 1.165) is 24.9 Å². The minimum Gasteiger partial charge on any atom is -0.508 e. The van der Waals surface area contributed by atoms with Crippen LogP contribution >= 0.6 is 11.6 Å². The number of fused-ring (bicyclic) bond motifs is 3. The molecule has 4 aliphatic carbocycles. The lowest BCUT2D eigenvalue weighted by Crippen LogP contribution is -2.65. The van der Waals surface area contributed by atoms with E-state index in [4.69, 9.17) is 17.3 Å². The van der Waals surface area contributed by atoms with Crippen molar-refractivity contribution in [3.8, 4) is 5.75 Å².